The predicted molar refractivity (Wildman–Crippen MR) is 118 cm³/mol. The highest BCUT2D eigenvalue weighted by Crippen LogP contribution is 2.23. The van der Waals surface area contributed by atoms with E-state index in [-0.39, 0.29) is 5.91 Å². The van der Waals surface area contributed by atoms with Gasteiger partial charge in [0.05, 0.1) is 16.6 Å². The third-order valence-corrected chi connectivity index (χ3v) is 7.80. The van der Waals surface area contributed by atoms with Crippen molar-refractivity contribution in [3.8, 4) is 0 Å². The zero-order valence-corrected chi connectivity index (χ0v) is 18.9. The van der Waals surface area contributed by atoms with Gasteiger partial charge >= 0.3 is 0 Å². The first-order chi connectivity index (χ1) is 14.2. The minimum absolute atomic E-state index is 0.140. The number of hydrogen-bond acceptors (Lipinski definition) is 8. The van der Waals surface area contributed by atoms with Gasteiger partial charge in [-0.15, -0.1) is 27.8 Å². The van der Waals surface area contributed by atoms with E-state index >= 15 is 0 Å². The first-order valence-electron chi connectivity index (χ1n) is 9.33. The van der Waals surface area contributed by atoms with Crippen LogP contribution in [-0.4, -0.2) is 67.8 Å². The molecule has 0 saturated carbocycles. The molecule has 1 aliphatic heterocycles. The zero-order chi connectivity index (χ0) is 20.1. The smallest absolute Gasteiger partial charge is 0.233 e. The molecule has 1 aliphatic rings. The van der Waals surface area contributed by atoms with Crippen molar-refractivity contribution < 1.29 is 4.79 Å². The number of aryl methyl sites for hydroxylation is 2. The van der Waals surface area contributed by atoms with Gasteiger partial charge < -0.3 is 4.90 Å². The van der Waals surface area contributed by atoms with E-state index in [1.54, 1.807) is 27.4 Å². The molecule has 1 amide bonds. The summed E-state index contributed by atoms with van der Waals surface area (Å²) in [7, 11) is 0. The average Bonchev–Trinajstić information content (AvgIpc) is 3.48. The summed E-state index contributed by atoms with van der Waals surface area (Å²) in [5, 5.41) is 14.7. The number of amides is 1. The van der Waals surface area contributed by atoms with E-state index in [1.807, 2.05) is 17.0 Å². The Bertz CT molecular complexity index is 920. The van der Waals surface area contributed by atoms with E-state index < -0.39 is 0 Å². The predicted octanol–water partition coefficient (Wildman–Crippen LogP) is 3.13. The Morgan fingerprint density at radius 2 is 2.03 bits per heavy atom. The van der Waals surface area contributed by atoms with Crippen molar-refractivity contribution in [1.29, 1.82) is 0 Å². The molecule has 4 heterocycles. The van der Waals surface area contributed by atoms with Crippen LogP contribution in [0.1, 0.15) is 9.75 Å². The fourth-order valence-corrected chi connectivity index (χ4v) is 5.78. The molecule has 11 heteroatoms. The Hall–Kier alpha value is -1.46. The van der Waals surface area contributed by atoms with Crippen molar-refractivity contribution in [2.24, 2.45) is 0 Å². The summed E-state index contributed by atoms with van der Waals surface area (Å²) in [5.41, 5.74) is 0. The van der Waals surface area contributed by atoms with Crippen LogP contribution in [0.15, 0.2) is 34.8 Å². The van der Waals surface area contributed by atoms with Gasteiger partial charge in [0.1, 0.15) is 0 Å². The van der Waals surface area contributed by atoms with Gasteiger partial charge in [0.15, 0.2) is 0 Å². The van der Waals surface area contributed by atoms with Crippen molar-refractivity contribution in [2.75, 3.05) is 31.9 Å². The number of aromatic nitrogens is 4. The number of hydrogen-bond donors (Lipinski definition) is 0. The number of piperazine rings is 1. The van der Waals surface area contributed by atoms with Crippen LogP contribution < -0.4 is 0 Å². The molecule has 1 fully saturated rings. The monoisotopic (exact) mass is 468 g/mol. The van der Waals surface area contributed by atoms with Gasteiger partial charge in [-0.2, -0.15) is 0 Å². The number of rotatable bonds is 8. The van der Waals surface area contributed by atoms with Crippen LogP contribution in [0.2, 0.25) is 4.34 Å². The molecule has 154 valence electrons. The molecule has 1 saturated heterocycles. The summed E-state index contributed by atoms with van der Waals surface area (Å²) in [4.78, 5) is 19.5. The van der Waals surface area contributed by atoms with Gasteiger partial charge in [-0.1, -0.05) is 29.4 Å². The Labute approximate surface area is 186 Å². The van der Waals surface area contributed by atoms with E-state index in [4.69, 9.17) is 11.6 Å². The Morgan fingerprint density at radius 3 is 2.76 bits per heavy atom. The molecule has 0 aromatic carbocycles. The SMILES string of the molecule is O=C(CSc1nnnn1CCc1cccs1)N1CCN(Cc2ccc(Cl)s2)CC1. The maximum atomic E-state index is 12.6. The first-order valence-corrected chi connectivity index (χ1v) is 12.4. The number of thiophene rings is 2. The quantitative estimate of drug-likeness (QED) is 0.473. The maximum absolute atomic E-state index is 12.6. The summed E-state index contributed by atoms with van der Waals surface area (Å²) in [6, 6.07) is 8.16. The summed E-state index contributed by atoms with van der Waals surface area (Å²) in [5.74, 6) is 0.501. The van der Waals surface area contributed by atoms with E-state index in [9.17, 15) is 4.79 Å². The lowest BCUT2D eigenvalue weighted by Gasteiger charge is -2.34. The molecule has 0 spiro atoms. The van der Waals surface area contributed by atoms with Crippen molar-refractivity contribution in [2.45, 2.75) is 24.7 Å². The number of carbonyl (C=O) groups is 1. The fraction of sp³-hybridized carbons (Fsp3) is 0.444. The Balaban J connectivity index is 1.21. The zero-order valence-electron chi connectivity index (χ0n) is 15.7. The molecule has 0 radical (unpaired) electrons. The lowest BCUT2D eigenvalue weighted by atomic mass is 10.3. The lowest BCUT2D eigenvalue weighted by Crippen LogP contribution is -2.48. The van der Waals surface area contributed by atoms with Crippen LogP contribution in [-0.2, 0) is 24.3 Å². The van der Waals surface area contributed by atoms with Crippen molar-refractivity contribution in [3.63, 3.8) is 0 Å². The normalized spacial score (nSPS) is 15.1. The molecule has 0 bridgehead atoms. The van der Waals surface area contributed by atoms with Gasteiger partial charge in [0.25, 0.3) is 0 Å². The molecule has 4 rings (SSSR count). The summed E-state index contributed by atoms with van der Waals surface area (Å²) in [6.07, 6.45) is 0.891. The van der Waals surface area contributed by atoms with E-state index in [1.165, 1.54) is 21.5 Å². The Kier molecular flexibility index (Phi) is 7.20. The Morgan fingerprint density at radius 1 is 1.17 bits per heavy atom. The third-order valence-electron chi connectivity index (χ3n) is 4.71. The lowest BCUT2D eigenvalue weighted by molar-refractivity contribution is -0.130. The van der Waals surface area contributed by atoms with Gasteiger partial charge in [0.2, 0.25) is 11.1 Å². The van der Waals surface area contributed by atoms with Crippen molar-refractivity contribution in [3.05, 3.63) is 43.7 Å². The highest BCUT2D eigenvalue weighted by Gasteiger charge is 2.22. The second-order valence-electron chi connectivity index (χ2n) is 6.67. The van der Waals surface area contributed by atoms with Crippen LogP contribution in [0.5, 0.6) is 0 Å². The number of halogens is 1. The highest BCUT2D eigenvalue weighted by molar-refractivity contribution is 7.99. The molecular formula is C18H21ClN6OS3. The number of nitrogens with zero attached hydrogens (tertiary/aromatic N) is 6. The summed E-state index contributed by atoms with van der Waals surface area (Å²) < 4.78 is 2.60. The second-order valence-corrected chi connectivity index (χ2v) is 10.4. The largest absolute Gasteiger partial charge is 0.339 e. The molecular weight excluding hydrogens is 448 g/mol. The topological polar surface area (TPSA) is 67.2 Å². The van der Waals surface area contributed by atoms with Gasteiger partial charge in [-0.25, -0.2) is 4.68 Å². The molecule has 0 atom stereocenters. The molecule has 29 heavy (non-hydrogen) atoms. The number of carbonyl (C=O) groups excluding carboxylic acids is 1. The standard InChI is InChI=1S/C18H21ClN6OS3/c19-16-4-3-15(29-16)12-23-7-9-24(10-8-23)17(26)13-28-18-20-21-22-25(18)6-5-14-2-1-11-27-14/h1-4,11H,5-10,12-13H2. The van der Waals surface area contributed by atoms with Gasteiger partial charge in [-0.05, 0) is 34.0 Å². The second kappa shape index (κ2) is 10.0. The van der Waals surface area contributed by atoms with E-state index in [0.29, 0.717) is 10.9 Å². The van der Waals surface area contributed by atoms with E-state index in [2.05, 4.69) is 37.9 Å². The molecule has 3 aromatic rings. The highest BCUT2D eigenvalue weighted by atomic mass is 35.5. The minimum Gasteiger partial charge on any atom is -0.339 e. The maximum Gasteiger partial charge on any atom is 0.233 e. The molecule has 3 aromatic heterocycles. The average molecular weight is 469 g/mol. The molecule has 0 N–H and O–H groups in total. The van der Waals surface area contributed by atoms with Crippen molar-refractivity contribution >= 4 is 51.9 Å². The van der Waals surface area contributed by atoms with Gasteiger partial charge in [0, 0.05) is 48.9 Å². The van der Waals surface area contributed by atoms with Crippen molar-refractivity contribution in [1.82, 2.24) is 30.0 Å². The van der Waals surface area contributed by atoms with Gasteiger partial charge in [-0.3, -0.25) is 9.69 Å². The van der Waals surface area contributed by atoms with E-state index in [0.717, 1.165) is 50.0 Å². The summed E-state index contributed by atoms with van der Waals surface area (Å²) in [6.45, 7) is 4.88. The van der Waals surface area contributed by atoms with Crippen LogP contribution in [0.4, 0.5) is 0 Å². The van der Waals surface area contributed by atoms with Crippen LogP contribution >= 0.6 is 46.0 Å². The molecule has 0 aliphatic carbocycles. The van der Waals surface area contributed by atoms with Crippen LogP contribution in [0.3, 0.4) is 0 Å². The minimum atomic E-state index is 0.140. The van der Waals surface area contributed by atoms with Crippen LogP contribution in [0.25, 0.3) is 0 Å². The number of tetrazole rings is 1. The number of thioether (sulfide) groups is 1. The third kappa shape index (κ3) is 5.79. The fourth-order valence-electron chi connectivity index (χ4n) is 3.14. The first kappa shape index (κ1) is 20.8. The molecule has 7 nitrogen and oxygen atoms in total. The summed E-state index contributed by atoms with van der Waals surface area (Å²) >= 11 is 10.8. The van der Waals surface area contributed by atoms with Crippen LogP contribution in [0, 0.1) is 0 Å². The molecule has 0 unspecified atom stereocenters.